The van der Waals surface area contributed by atoms with E-state index in [0.29, 0.717) is 28.8 Å². The average molecular weight is 2320 g/mol. The maximum absolute atomic E-state index is 13.7. The molecule has 0 spiro atoms. The number of isothiocyanates is 1. The molecule has 133 heavy (non-hydrogen) atoms. The van der Waals surface area contributed by atoms with Crippen molar-refractivity contribution in [3.63, 3.8) is 0 Å². The fourth-order valence-corrected chi connectivity index (χ4v) is 11.5. The Morgan fingerprint density at radius 3 is 1.09 bits per heavy atom. The monoisotopic (exact) mass is 2320 g/mol. The van der Waals surface area contributed by atoms with Gasteiger partial charge in [-0.1, -0.05) is 151 Å². The van der Waals surface area contributed by atoms with Gasteiger partial charge in [-0.3, -0.25) is 53.3 Å². The summed E-state index contributed by atoms with van der Waals surface area (Å²) in [6.45, 7) is 20.5. The summed E-state index contributed by atoms with van der Waals surface area (Å²) in [4.78, 5) is 123. The number of nitrogen functional groups attached to an aromatic ring is 3. The van der Waals surface area contributed by atoms with Gasteiger partial charge in [0.15, 0.2) is 32.5 Å². The van der Waals surface area contributed by atoms with Crippen LogP contribution in [0.25, 0.3) is 0 Å². The second-order valence-electron chi connectivity index (χ2n) is 27.7. The summed E-state index contributed by atoms with van der Waals surface area (Å²) in [5.41, 5.74) is 26.1. The Balaban J connectivity index is -0.000000348. The molecule has 17 N–H and O–H groups in total. The summed E-state index contributed by atoms with van der Waals surface area (Å²) in [6, 6.07) is 15.0. The van der Waals surface area contributed by atoms with Crippen molar-refractivity contribution < 1.29 is 114 Å². The molecule has 0 aliphatic heterocycles. The number of nitro benzene ring substituents is 2. The largest absolute Gasteiger partial charge is 1.00 e. The minimum Gasteiger partial charge on any atom is -1.00 e. The van der Waals surface area contributed by atoms with Gasteiger partial charge >= 0.3 is 91.5 Å². The van der Waals surface area contributed by atoms with Gasteiger partial charge in [0, 0.05) is 52.6 Å². The molecule has 6 aromatic carbocycles. The van der Waals surface area contributed by atoms with Crippen LogP contribution in [-0.2, 0) is 43.3 Å². The molecule has 721 valence electrons. The molecule has 59 heteroatoms. The molecule has 0 aliphatic carbocycles. The number of benzene rings is 6. The number of nitrogens with zero attached hydrogens (tertiary/aromatic N) is 5. The van der Waals surface area contributed by atoms with Crippen molar-refractivity contribution in [2.75, 3.05) is 17.2 Å². The van der Waals surface area contributed by atoms with Gasteiger partial charge in [0.25, 0.3) is 22.3 Å². The Morgan fingerprint density at radius 2 is 0.782 bits per heavy atom. The number of carbonyl (C=O) groups is 7. The number of nitro groups is 2. The molecule has 0 unspecified atom stereocenters. The van der Waals surface area contributed by atoms with Crippen LogP contribution in [-0.4, -0.2) is 138 Å². The van der Waals surface area contributed by atoms with E-state index in [2.05, 4.69) is 37.7 Å². The molecule has 32 nitrogen and oxygen atoms in total. The molecule has 4 amide bonds. The van der Waals surface area contributed by atoms with Crippen LogP contribution in [0.1, 0.15) is 132 Å². The third kappa shape index (κ3) is 46.4. The standard InChI is InChI=1S/C13H13Cl2FN2O2S.C12H15Cl2FN2O2.C11H8N2O2S.C10H18O5.C7HCl3FNO3.C7H3Cl2FN2O3.C7H5Cl2FN2O.C7H7Cl2FN2.Al.B.2ClH.Li.H3N.Sn.4H/c1-13(2,3)20-12(19)17-5-7-4-8(16)10(15)11(9(7)14)18-6-21;1-12(2,3)19-11(18)17-5-6-4-7(15)9(14)10(16)8(6)13;14-9-5-1-3-7-12(9)11(16)13-8-4-2-6-10(13)15;1-9(2,3)14-7(11)13-8(12)15-10(4,5)6;8-4-2(7(10)13)1-3(11)5(9)6(4)12(14)15;8-4-2(7(11)13)1-3(10)5(9)6(4)12(14)15;8-4-2(7(12)13)1-3(10)5(9)6(4)11;8-5-3(2-11)1-4(10)6(9)7(5)12;;;;;;;;;;;/h4H,5H2,1-3H3,(H,17,19);4H,5,16H2,1-3H3,(H,17,18);1-8H;1-6H3;1H;1H,(H2,11,13);1H,11H2,(H2,12,13);1H,2,11-12H2;;;2*1H;;1H3;;;;;/q;;;;;;;;;;;;+1;;+2;;;;-1/p-2. The van der Waals surface area contributed by atoms with Gasteiger partial charge in [0.05, 0.1) is 68.9 Å². The van der Waals surface area contributed by atoms with Gasteiger partial charge in [-0.2, -0.15) is 4.99 Å². The van der Waals surface area contributed by atoms with E-state index in [9.17, 15) is 89.7 Å². The second-order valence-corrected chi connectivity index (χ2v) is 37.3. The number of nitrogens with one attached hydrogen (secondary N) is 2. The number of anilines is 3. The van der Waals surface area contributed by atoms with E-state index in [-0.39, 0.29) is 157 Å². The van der Waals surface area contributed by atoms with Crippen LogP contribution in [0.15, 0.2) is 99.8 Å². The zero-order valence-electron chi connectivity index (χ0n) is 71.3. The van der Waals surface area contributed by atoms with Crippen molar-refractivity contribution >= 4 is 324 Å². The van der Waals surface area contributed by atoms with E-state index in [1.54, 1.807) is 107 Å². The Morgan fingerprint density at radius 1 is 0.496 bits per heavy atom. The number of aromatic nitrogens is 2. The minimum atomic E-state index is -1.13. The normalized spacial score (nSPS) is 10.2. The third-order valence-electron chi connectivity index (χ3n) is 13.3. The quantitative estimate of drug-likeness (QED) is 0.00472. The molecule has 8 rings (SSSR count). The average Bonchev–Trinajstić information content (AvgIpc) is 0.795. The number of aliphatic imine (C=N–C) groups is 1. The molecule has 0 atom stereocenters. The van der Waals surface area contributed by atoms with Gasteiger partial charge in [0.1, 0.15) is 93.1 Å². The SMILES string of the molecule is CC(C)(C)OC(=O)NCc1cc(F)c(Cl)c(N)c1Cl.CC(C)(C)OC(=O)NCc1cc(F)c(Cl)c(N=C=S)c1Cl.CC(C)(C)OC(=O)OC(=O)OC(C)(C)C.N.NC(=O)c1cc(F)c(Cl)c(N)c1Cl.NC(=O)c1cc(F)c(Cl)c([N+](=O)[O-])c1Cl.NCc1cc(F)c(Cl)c(N)c1Cl.O=C(Cl)c1cc(F)c(Cl)c([N+](=O)[O-])c1Cl.O=c1ccccn1C(=S)n1ccccc1=O.[AlH3].[B].[Cl][Sn][Cl].[H-].[Li+]. The summed E-state index contributed by atoms with van der Waals surface area (Å²) in [7, 11) is 9.87. The van der Waals surface area contributed by atoms with Crippen molar-refractivity contribution in [2.45, 2.75) is 125 Å². The van der Waals surface area contributed by atoms with Gasteiger partial charge < -0.3 is 76.3 Å². The van der Waals surface area contributed by atoms with Crippen LogP contribution in [0.2, 0.25) is 60.3 Å². The van der Waals surface area contributed by atoms with Crippen LogP contribution in [0, 0.1) is 55.1 Å². The number of alkyl carbamates (subject to hydrolysis) is 2. The van der Waals surface area contributed by atoms with Crippen LogP contribution < -0.4 is 81.2 Å². The van der Waals surface area contributed by atoms with Gasteiger partial charge in [-0.25, -0.2) is 45.5 Å². The van der Waals surface area contributed by atoms with Crippen molar-refractivity contribution in [3.8, 4) is 0 Å². The van der Waals surface area contributed by atoms with Crippen LogP contribution >= 0.6 is 193 Å². The van der Waals surface area contributed by atoms with Crippen molar-refractivity contribution in [1.82, 2.24) is 25.9 Å². The van der Waals surface area contributed by atoms with Crippen LogP contribution in [0.4, 0.5) is 79.6 Å². The first-order chi connectivity index (χ1) is 59.1. The minimum absolute atomic E-state index is 0. The van der Waals surface area contributed by atoms with E-state index in [1.165, 1.54) is 39.7 Å². The second kappa shape index (κ2) is 62.1. The number of rotatable bonds is 11. The van der Waals surface area contributed by atoms with Gasteiger partial charge in [-0.05, 0) is 184 Å². The zero-order valence-corrected chi connectivity index (χ0v) is 86.1. The molecule has 0 fully saturated rings. The van der Waals surface area contributed by atoms with E-state index < -0.39 is 170 Å². The van der Waals surface area contributed by atoms with Gasteiger partial charge in [0.2, 0.25) is 5.91 Å². The molecule has 5 radical (unpaired) electrons. The first kappa shape index (κ1) is 135. The Bertz CT molecular complexity index is 5550. The number of hydrogen-bond acceptors (Lipinski definition) is 26. The smallest absolute Gasteiger partial charge is 1.00 e. The number of carbonyl (C=O) groups excluding carboxylic acids is 7. The fraction of sp³-hybridized carbons (Fsp3) is 0.257. The summed E-state index contributed by atoms with van der Waals surface area (Å²) in [6.07, 6.45) is -0.325. The Hall–Kier alpha value is -6.96. The number of nitrogens with two attached hydrogens (primary N) is 6. The van der Waals surface area contributed by atoms with Crippen molar-refractivity contribution in [2.24, 2.45) is 22.2 Å². The summed E-state index contributed by atoms with van der Waals surface area (Å²) < 4.78 is 105. The number of hydrogen-bond donors (Lipinski definition) is 9. The number of amides is 4. The molecule has 8 aromatic rings. The fourth-order valence-electron chi connectivity index (χ4n) is 8.03. The third-order valence-corrected chi connectivity index (χ3v) is 18.7. The molecule has 2 aromatic heterocycles. The Labute approximate surface area is 873 Å². The summed E-state index contributed by atoms with van der Waals surface area (Å²) in [5, 5.41) is 23.7. The van der Waals surface area contributed by atoms with E-state index >= 15 is 0 Å². The van der Waals surface area contributed by atoms with E-state index in [4.69, 9.17) is 234 Å². The number of primary amides is 2. The zero-order chi connectivity index (χ0) is 100. The summed E-state index contributed by atoms with van der Waals surface area (Å²) >= 11 is 80.9. The van der Waals surface area contributed by atoms with E-state index in [1.807, 2.05) is 0 Å². The van der Waals surface area contributed by atoms with Gasteiger partial charge in [-0.15, -0.1) is 0 Å². The molecular formula is C74H77AlBCl15F6LiN14O18S2Sn. The molecular weight excluding hydrogens is 2250 g/mol. The number of halogens is 21. The molecule has 0 aliphatic rings. The van der Waals surface area contributed by atoms with Crippen molar-refractivity contribution in [3.05, 3.63) is 255 Å². The topological polar surface area (TPSA) is 523 Å². The first-order valence-electron chi connectivity index (χ1n) is 34.2. The number of ether oxygens (including phenoxy) is 5. The maximum Gasteiger partial charge on any atom is 1.00 e. The molecule has 0 saturated heterocycles. The molecule has 2 heterocycles. The molecule has 0 bridgehead atoms. The number of pyridine rings is 2. The first-order valence-corrected chi connectivity index (χ1v) is 47.2. The summed E-state index contributed by atoms with van der Waals surface area (Å²) in [5.74, 6) is -7.00. The van der Waals surface area contributed by atoms with Crippen molar-refractivity contribution in [1.29, 1.82) is 0 Å². The molecule has 0 saturated carbocycles. The number of thiocarbonyl (C=S) groups is 2. The predicted octanol–water partition coefficient (Wildman–Crippen LogP) is 18.5. The van der Waals surface area contributed by atoms with Crippen LogP contribution in [0.3, 0.4) is 0 Å². The maximum atomic E-state index is 13.7. The Kier molecular flexibility index (Phi) is 62.8. The van der Waals surface area contributed by atoms with E-state index in [0.717, 1.165) is 18.2 Å². The predicted molar refractivity (Wildman–Crippen MR) is 519 cm³/mol. The van der Waals surface area contributed by atoms with Crippen LogP contribution in [0.5, 0.6) is 0 Å².